The third-order valence-corrected chi connectivity index (χ3v) is 5.25. The lowest BCUT2D eigenvalue weighted by atomic mass is 9.85. The van der Waals surface area contributed by atoms with Crippen LogP contribution in [0.25, 0.3) is 0 Å². The number of carbonyl (C=O) groups is 1. The number of carbonyl (C=O) groups excluding carboxylic acids is 1. The van der Waals surface area contributed by atoms with E-state index in [1.807, 2.05) is 0 Å². The standard InChI is InChI=1S/C15H25N3O5S/c1-11-13(12(2)23-16-11)14(19)18-8-5-15(6-9-18,7-10-22-3)17-24(4,20)21/h17H,5-10H2,1-4H3. The second kappa shape index (κ2) is 7.20. The van der Waals surface area contributed by atoms with E-state index in [0.717, 1.165) is 6.26 Å². The van der Waals surface area contributed by atoms with Crippen molar-refractivity contribution in [3.8, 4) is 0 Å². The van der Waals surface area contributed by atoms with Crippen molar-refractivity contribution in [1.29, 1.82) is 0 Å². The van der Waals surface area contributed by atoms with E-state index in [1.165, 1.54) is 0 Å². The fourth-order valence-electron chi connectivity index (χ4n) is 3.18. The highest BCUT2D eigenvalue weighted by Gasteiger charge is 2.38. The SMILES string of the molecule is COCCC1(NS(C)(=O)=O)CCN(C(=O)c2c(C)noc2C)CC1. The predicted molar refractivity (Wildman–Crippen MR) is 88.3 cm³/mol. The van der Waals surface area contributed by atoms with Crippen LogP contribution < -0.4 is 4.72 Å². The maximum atomic E-state index is 12.7. The molecule has 0 aromatic carbocycles. The largest absolute Gasteiger partial charge is 0.385 e. The van der Waals surface area contributed by atoms with E-state index in [0.29, 0.717) is 56.0 Å². The summed E-state index contributed by atoms with van der Waals surface area (Å²) >= 11 is 0. The normalized spacial score (nSPS) is 17.9. The smallest absolute Gasteiger partial charge is 0.259 e. The molecular formula is C15H25N3O5S. The first-order valence-electron chi connectivity index (χ1n) is 7.87. The van der Waals surface area contributed by atoms with Crippen molar-refractivity contribution in [1.82, 2.24) is 14.8 Å². The van der Waals surface area contributed by atoms with Crippen molar-refractivity contribution in [2.24, 2.45) is 0 Å². The number of sulfonamides is 1. The minimum absolute atomic E-state index is 0.119. The van der Waals surface area contributed by atoms with Crippen molar-refractivity contribution < 1.29 is 22.5 Å². The van der Waals surface area contributed by atoms with Crippen LogP contribution in [0.5, 0.6) is 0 Å². The topological polar surface area (TPSA) is 102 Å². The van der Waals surface area contributed by atoms with E-state index in [-0.39, 0.29) is 5.91 Å². The number of ether oxygens (including phenoxy) is 1. The number of piperidine rings is 1. The average Bonchev–Trinajstić information content (AvgIpc) is 2.83. The van der Waals surface area contributed by atoms with Gasteiger partial charge in [-0.2, -0.15) is 0 Å². The highest BCUT2D eigenvalue weighted by atomic mass is 32.2. The maximum absolute atomic E-state index is 12.7. The van der Waals surface area contributed by atoms with Gasteiger partial charge in [-0.15, -0.1) is 0 Å². The van der Waals surface area contributed by atoms with Crippen LogP contribution in [0.3, 0.4) is 0 Å². The minimum atomic E-state index is -3.34. The molecule has 136 valence electrons. The van der Waals surface area contributed by atoms with Gasteiger partial charge in [0.2, 0.25) is 10.0 Å². The highest BCUT2D eigenvalue weighted by Crippen LogP contribution is 2.28. The quantitative estimate of drug-likeness (QED) is 0.808. The molecule has 1 amide bonds. The Morgan fingerprint density at radius 3 is 2.46 bits per heavy atom. The summed E-state index contributed by atoms with van der Waals surface area (Å²) in [6.07, 6.45) is 2.81. The fourth-order valence-corrected chi connectivity index (χ4v) is 4.27. The molecule has 1 N–H and O–H groups in total. The van der Waals surface area contributed by atoms with Crippen LogP contribution in [0.4, 0.5) is 0 Å². The summed E-state index contributed by atoms with van der Waals surface area (Å²) < 4.78 is 36.3. The Balaban J connectivity index is 2.10. The van der Waals surface area contributed by atoms with Gasteiger partial charge in [-0.25, -0.2) is 13.1 Å². The van der Waals surface area contributed by atoms with E-state index in [1.54, 1.807) is 25.9 Å². The fraction of sp³-hybridized carbons (Fsp3) is 0.733. The monoisotopic (exact) mass is 359 g/mol. The first-order valence-corrected chi connectivity index (χ1v) is 9.77. The molecule has 8 nitrogen and oxygen atoms in total. The maximum Gasteiger partial charge on any atom is 0.259 e. The molecule has 0 unspecified atom stereocenters. The van der Waals surface area contributed by atoms with E-state index in [9.17, 15) is 13.2 Å². The zero-order chi connectivity index (χ0) is 18.0. The van der Waals surface area contributed by atoms with Crippen molar-refractivity contribution in [3.05, 3.63) is 17.0 Å². The number of nitrogens with zero attached hydrogens (tertiary/aromatic N) is 2. The third kappa shape index (κ3) is 4.34. The molecule has 0 spiro atoms. The molecule has 1 saturated heterocycles. The number of amides is 1. The Labute approximate surface area is 142 Å². The summed E-state index contributed by atoms with van der Waals surface area (Å²) in [5, 5.41) is 3.82. The van der Waals surface area contributed by atoms with Crippen LogP contribution in [0.15, 0.2) is 4.52 Å². The molecule has 1 fully saturated rings. The second-order valence-electron chi connectivity index (χ2n) is 6.39. The van der Waals surface area contributed by atoms with Gasteiger partial charge in [0.05, 0.1) is 11.9 Å². The van der Waals surface area contributed by atoms with Crippen LogP contribution >= 0.6 is 0 Å². The van der Waals surface area contributed by atoms with Crippen molar-refractivity contribution in [2.75, 3.05) is 33.1 Å². The molecule has 0 radical (unpaired) electrons. The number of aromatic nitrogens is 1. The second-order valence-corrected chi connectivity index (χ2v) is 8.14. The van der Waals surface area contributed by atoms with Gasteiger partial charge in [0.25, 0.3) is 5.91 Å². The molecule has 1 aliphatic heterocycles. The van der Waals surface area contributed by atoms with E-state index < -0.39 is 15.6 Å². The van der Waals surface area contributed by atoms with Crippen molar-refractivity contribution >= 4 is 15.9 Å². The van der Waals surface area contributed by atoms with Gasteiger partial charge >= 0.3 is 0 Å². The molecule has 0 bridgehead atoms. The van der Waals surface area contributed by atoms with Gasteiger partial charge in [-0.1, -0.05) is 5.16 Å². The van der Waals surface area contributed by atoms with E-state index in [2.05, 4.69) is 9.88 Å². The zero-order valence-electron chi connectivity index (χ0n) is 14.6. The molecule has 1 aromatic heterocycles. The molecule has 24 heavy (non-hydrogen) atoms. The molecule has 2 rings (SSSR count). The first-order chi connectivity index (χ1) is 11.2. The molecule has 1 aliphatic rings. The minimum Gasteiger partial charge on any atom is -0.385 e. The van der Waals surface area contributed by atoms with E-state index in [4.69, 9.17) is 9.26 Å². The highest BCUT2D eigenvalue weighted by molar-refractivity contribution is 7.88. The van der Waals surface area contributed by atoms with Crippen LogP contribution in [0, 0.1) is 13.8 Å². The van der Waals surface area contributed by atoms with Crippen LogP contribution in [-0.4, -0.2) is 63.0 Å². The predicted octanol–water partition coefficient (Wildman–Crippen LogP) is 0.852. The van der Waals surface area contributed by atoms with Gasteiger partial charge in [-0.3, -0.25) is 4.79 Å². The van der Waals surface area contributed by atoms with Crippen molar-refractivity contribution in [3.63, 3.8) is 0 Å². The summed E-state index contributed by atoms with van der Waals surface area (Å²) in [5.74, 6) is 0.383. The van der Waals surface area contributed by atoms with Crippen LogP contribution in [-0.2, 0) is 14.8 Å². The Morgan fingerprint density at radius 1 is 1.38 bits per heavy atom. The van der Waals surface area contributed by atoms with Gasteiger partial charge in [0, 0.05) is 32.3 Å². The number of hydrogen-bond donors (Lipinski definition) is 1. The van der Waals surface area contributed by atoms with Crippen LogP contribution in [0.1, 0.15) is 41.1 Å². The summed E-state index contributed by atoms with van der Waals surface area (Å²) in [5.41, 5.74) is 0.498. The number of aryl methyl sites for hydroxylation is 2. The van der Waals surface area contributed by atoms with Crippen molar-refractivity contribution in [2.45, 2.75) is 38.6 Å². The van der Waals surface area contributed by atoms with E-state index >= 15 is 0 Å². The average molecular weight is 359 g/mol. The van der Waals surface area contributed by atoms with Gasteiger partial charge in [0.15, 0.2) is 0 Å². The number of nitrogens with one attached hydrogen (secondary N) is 1. The number of likely N-dealkylation sites (tertiary alicyclic amines) is 1. The summed E-state index contributed by atoms with van der Waals surface area (Å²) in [4.78, 5) is 14.4. The Kier molecular flexibility index (Phi) is 5.67. The lowest BCUT2D eigenvalue weighted by Crippen LogP contribution is -2.56. The Bertz CT molecular complexity index is 670. The molecule has 0 aliphatic carbocycles. The number of rotatable bonds is 6. The van der Waals surface area contributed by atoms with Gasteiger partial charge in [-0.05, 0) is 33.1 Å². The number of hydrogen-bond acceptors (Lipinski definition) is 6. The van der Waals surface area contributed by atoms with Gasteiger partial charge < -0.3 is 14.2 Å². The summed E-state index contributed by atoms with van der Waals surface area (Å²) in [6, 6.07) is 0. The zero-order valence-corrected chi connectivity index (χ0v) is 15.4. The molecular weight excluding hydrogens is 334 g/mol. The molecule has 9 heteroatoms. The van der Waals surface area contributed by atoms with Gasteiger partial charge in [0.1, 0.15) is 11.3 Å². The first kappa shape index (κ1) is 18.9. The Hall–Kier alpha value is -1.45. The molecule has 2 heterocycles. The number of methoxy groups -OCH3 is 1. The third-order valence-electron chi connectivity index (χ3n) is 4.44. The lowest BCUT2D eigenvalue weighted by Gasteiger charge is -2.41. The summed E-state index contributed by atoms with van der Waals surface area (Å²) in [6.45, 7) is 4.84. The summed E-state index contributed by atoms with van der Waals surface area (Å²) in [7, 11) is -1.75. The molecule has 1 aromatic rings. The Morgan fingerprint density at radius 2 is 2.00 bits per heavy atom. The molecule has 0 atom stereocenters. The van der Waals surface area contributed by atoms with Crippen LogP contribution in [0.2, 0.25) is 0 Å². The molecule has 0 saturated carbocycles. The lowest BCUT2D eigenvalue weighted by molar-refractivity contribution is 0.0618.